The quantitative estimate of drug-likeness (QED) is 0.804. The van der Waals surface area contributed by atoms with Gasteiger partial charge in [-0.1, -0.05) is 30.3 Å². The molecule has 112 valence electrons. The third-order valence-corrected chi connectivity index (χ3v) is 3.56. The number of hydrogen-bond donors (Lipinski definition) is 2. The number of amides is 1. The smallest absolute Gasteiger partial charge is 0.328 e. The Kier molecular flexibility index (Phi) is 5.51. The van der Waals surface area contributed by atoms with Crippen LogP contribution in [0.25, 0.3) is 0 Å². The number of piperidine rings is 1. The van der Waals surface area contributed by atoms with E-state index in [1.807, 2.05) is 18.2 Å². The van der Waals surface area contributed by atoms with E-state index in [9.17, 15) is 9.59 Å². The number of hydrogen-bond acceptors (Lipinski definition) is 3. The summed E-state index contributed by atoms with van der Waals surface area (Å²) in [5.41, 5.74) is 1.30. The molecule has 0 unspecified atom stereocenters. The van der Waals surface area contributed by atoms with E-state index in [1.165, 1.54) is 5.56 Å². The molecule has 1 aromatic carbocycles. The topological polar surface area (TPSA) is 69.6 Å². The molecule has 0 aliphatic carbocycles. The Labute approximate surface area is 124 Å². The molecule has 2 N–H and O–H groups in total. The Bertz CT molecular complexity index is 506. The molecule has 0 spiro atoms. The maximum Gasteiger partial charge on any atom is 0.328 e. The summed E-state index contributed by atoms with van der Waals surface area (Å²) >= 11 is 0. The van der Waals surface area contributed by atoms with E-state index in [4.69, 9.17) is 5.11 Å². The standard InChI is InChI=1S/C16H20N2O3/c19-15(6-7-16(20)21)17-14-8-10-18(11-9-14)12-13-4-2-1-3-5-13/h1-7,14H,8-12H2,(H,17,19)(H,20,21)/b7-6-. The fraction of sp³-hybridized carbons (Fsp3) is 0.375. The van der Waals surface area contributed by atoms with Crippen molar-refractivity contribution in [2.75, 3.05) is 13.1 Å². The molecular formula is C16H20N2O3. The summed E-state index contributed by atoms with van der Waals surface area (Å²) in [4.78, 5) is 24.2. The zero-order valence-electron chi connectivity index (χ0n) is 11.9. The van der Waals surface area contributed by atoms with Crippen LogP contribution in [0.3, 0.4) is 0 Å². The highest BCUT2D eigenvalue weighted by Gasteiger charge is 2.19. The van der Waals surface area contributed by atoms with Gasteiger partial charge in [-0.3, -0.25) is 9.69 Å². The second kappa shape index (κ2) is 7.59. The van der Waals surface area contributed by atoms with Crippen molar-refractivity contribution in [1.29, 1.82) is 0 Å². The fourth-order valence-corrected chi connectivity index (χ4v) is 2.47. The van der Waals surface area contributed by atoms with Crippen LogP contribution in [-0.4, -0.2) is 41.0 Å². The van der Waals surface area contributed by atoms with Crippen molar-refractivity contribution >= 4 is 11.9 Å². The third-order valence-electron chi connectivity index (χ3n) is 3.56. The summed E-state index contributed by atoms with van der Waals surface area (Å²) < 4.78 is 0. The zero-order valence-corrected chi connectivity index (χ0v) is 11.9. The Hall–Kier alpha value is -2.14. The highest BCUT2D eigenvalue weighted by atomic mass is 16.4. The number of aliphatic carboxylic acids is 1. The van der Waals surface area contributed by atoms with Crippen molar-refractivity contribution in [3.8, 4) is 0 Å². The first-order chi connectivity index (χ1) is 10.1. The molecule has 0 saturated carbocycles. The minimum absolute atomic E-state index is 0.128. The molecule has 1 saturated heterocycles. The van der Waals surface area contributed by atoms with E-state index < -0.39 is 5.97 Å². The van der Waals surface area contributed by atoms with Crippen molar-refractivity contribution in [3.05, 3.63) is 48.0 Å². The van der Waals surface area contributed by atoms with Crippen LogP contribution in [0.1, 0.15) is 18.4 Å². The first-order valence-corrected chi connectivity index (χ1v) is 7.11. The number of carboxylic acid groups (broad SMARTS) is 1. The van der Waals surface area contributed by atoms with Gasteiger partial charge in [-0.25, -0.2) is 4.79 Å². The molecule has 0 aromatic heterocycles. The number of nitrogens with one attached hydrogen (secondary N) is 1. The van der Waals surface area contributed by atoms with Gasteiger partial charge in [0.25, 0.3) is 0 Å². The van der Waals surface area contributed by atoms with Crippen molar-refractivity contribution in [1.82, 2.24) is 10.2 Å². The first-order valence-electron chi connectivity index (χ1n) is 7.11. The lowest BCUT2D eigenvalue weighted by molar-refractivity contribution is -0.131. The van der Waals surface area contributed by atoms with E-state index >= 15 is 0 Å². The van der Waals surface area contributed by atoms with Gasteiger partial charge in [-0.15, -0.1) is 0 Å². The largest absolute Gasteiger partial charge is 0.478 e. The predicted octanol–water partition coefficient (Wildman–Crippen LogP) is 1.41. The Morgan fingerprint density at radius 1 is 1.19 bits per heavy atom. The minimum Gasteiger partial charge on any atom is -0.478 e. The van der Waals surface area contributed by atoms with Crippen molar-refractivity contribution in [2.24, 2.45) is 0 Å². The van der Waals surface area contributed by atoms with Crippen LogP contribution in [0.4, 0.5) is 0 Å². The van der Waals surface area contributed by atoms with Gasteiger partial charge in [0.1, 0.15) is 0 Å². The van der Waals surface area contributed by atoms with Crippen LogP contribution in [0.2, 0.25) is 0 Å². The fourth-order valence-electron chi connectivity index (χ4n) is 2.47. The van der Waals surface area contributed by atoms with Gasteiger partial charge >= 0.3 is 5.97 Å². The SMILES string of the molecule is O=C(O)/C=C\C(=O)NC1CCN(Cc2ccccc2)CC1. The van der Waals surface area contributed by atoms with Crippen LogP contribution in [0, 0.1) is 0 Å². The summed E-state index contributed by atoms with van der Waals surface area (Å²) in [6, 6.07) is 10.4. The molecule has 1 aromatic rings. The highest BCUT2D eigenvalue weighted by molar-refractivity contribution is 5.93. The number of benzene rings is 1. The number of nitrogens with zero attached hydrogens (tertiary/aromatic N) is 1. The first kappa shape index (κ1) is 15.3. The second-order valence-electron chi connectivity index (χ2n) is 5.22. The van der Waals surface area contributed by atoms with E-state index in [2.05, 4.69) is 22.3 Å². The van der Waals surface area contributed by atoms with Crippen LogP contribution in [0.15, 0.2) is 42.5 Å². The van der Waals surface area contributed by atoms with Gasteiger partial charge < -0.3 is 10.4 Å². The van der Waals surface area contributed by atoms with Crippen LogP contribution < -0.4 is 5.32 Å². The van der Waals surface area contributed by atoms with Gasteiger partial charge in [0, 0.05) is 37.8 Å². The minimum atomic E-state index is -1.11. The van der Waals surface area contributed by atoms with E-state index in [-0.39, 0.29) is 11.9 Å². The van der Waals surface area contributed by atoms with Crippen LogP contribution >= 0.6 is 0 Å². The lowest BCUT2D eigenvalue weighted by Crippen LogP contribution is -2.43. The van der Waals surface area contributed by atoms with E-state index in [0.717, 1.165) is 44.6 Å². The maximum absolute atomic E-state index is 11.5. The molecule has 21 heavy (non-hydrogen) atoms. The summed E-state index contributed by atoms with van der Waals surface area (Å²) in [5, 5.41) is 11.3. The molecule has 1 aliphatic heterocycles. The molecular weight excluding hydrogens is 268 g/mol. The molecule has 2 rings (SSSR count). The summed E-state index contributed by atoms with van der Waals surface area (Å²) in [6.45, 7) is 2.80. The average Bonchev–Trinajstić information content (AvgIpc) is 2.48. The number of likely N-dealkylation sites (tertiary alicyclic amines) is 1. The van der Waals surface area contributed by atoms with Crippen LogP contribution in [-0.2, 0) is 16.1 Å². The van der Waals surface area contributed by atoms with Gasteiger partial charge in [0.2, 0.25) is 5.91 Å². The van der Waals surface area contributed by atoms with Crippen molar-refractivity contribution in [2.45, 2.75) is 25.4 Å². The second-order valence-corrected chi connectivity index (χ2v) is 5.22. The van der Waals surface area contributed by atoms with Crippen LogP contribution in [0.5, 0.6) is 0 Å². The lowest BCUT2D eigenvalue weighted by Gasteiger charge is -2.32. The van der Waals surface area contributed by atoms with Gasteiger partial charge in [0.05, 0.1) is 0 Å². The number of rotatable bonds is 5. The molecule has 0 radical (unpaired) electrons. The van der Waals surface area contributed by atoms with Gasteiger partial charge in [-0.2, -0.15) is 0 Å². The molecule has 5 heteroatoms. The van der Waals surface area contributed by atoms with E-state index in [1.54, 1.807) is 0 Å². The summed E-state index contributed by atoms with van der Waals surface area (Å²) in [5.74, 6) is -1.44. The lowest BCUT2D eigenvalue weighted by atomic mass is 10.0. The molecule has 0 atom stereocenters. The summed E-state index contributed by atoms with van der Waals surface area (Å²) in [7, 11) is 0. The van der Waals surface area contributed by atoms with Gasteiger partial charge in [0.15, 0.2) is 0 Å². The number of carbonyl (C=O) groups excluding carboxylic acids is 1. The molecule has 0 bridgehead atoms. The normalized spacial score (nSPS) is 17.0. The Morgan fingerprint density at radius 3 is 2.48 bits per heavy atom. The van der Waals surface area contributed by atoms with E-state index in [0.29, 0.717) is 0 Å². The molecule has 5 nitrogen and oxygen atoms in total. The Balaban J connectivity index is 1.73. The molecule has 1 heterocycles. The maximum atomic E-state index is 11.5. The van der Waals surface area contributed by atoms with Crippen molar-refractivity contribution in [3.63, 3.8) is 0 Å². The Morgan fingerprint density at radius 2 is 1.86 bits per heavy atom. The average molecular weight is 288 g/mol. The molecule has 1 aliphatic rings. The van der Waals surface area contributed by atoms with Crippen molar-refractivity contribution < 1.29 is 14.7 Å². The zero-order chi connectivity index (χ0) is 15.1. The number of carbonyl (C=O) groups is 2. The summed E-state index contributed by atoms with van der Waals surface area (Å²) in [6.07, 6.45) is 3.71. The third kappa shape index (κ3) is 5.39. The van der Waals surface area contributed by atoms with Gasteiger partial charge in [-0.05, 0) is 18.4 Å². The molecule has 1 fully saturated rings. The molecule has 1 amide bonds. The highest BCUT2D eigenvalue weighted by Crippen LogP contribution is 2.13. The monoisotopic (exact) mass is 288 g/mol. The number of carboxylic acids is 1. The predicted molar refractivity (Wildman–Crippen MR) is 79.7 cm³/mol.